The topological polar surface area (TPSA) is 112 Å². The molecule has 2 rings (SSSR count). The Balaban J connectivity index is 2.20. The molecular formula is C15H27N5O3S. The van der Waals surface area contributed by atoms with Crippen LogP contribution in [0.5, 0.6) is 0 Å². The van der Waals surface area contributed by atoms with E-state index < -0.39 is 10.0 Å². The molecule has 1 aliphatic heterocycles. The lowest BCUT2D eigenvalue weighted by Gasteiger charge is -2.34. The highest BCUT2D eigenvalue weighted by Crippen LogP contribution is 2.27. The van der Waals surface area contributed by atoms with Crippen LogP contribution in [0.25, 0.3) is 0 Å². The third-order valence-electron chi connectivity index (χ3n) is 4.74. The summed E-state index contributed by atoms with van der Waals surface area (Å²) in [6.07, 6.45) is 1.35. The normalized spacial score (nSPS) is 20.8. The Hall–Kier alpha value is -1.45. The molecule has 1 saturated heterocycles. The van der Waals surface area contributed by atoms with Crippen LogP contribution in [0.4, 0.5) is 0 Å². The molecule has 0 saturated carbocycles. The number of aromatic nitrogens is 2. The minimum Gasteiger partial charge on any atom is -0.342 e. The van der Waals surface area contributed by atoms with Gasteiger partial charge in [-0.25, -0.2) is 8.42 Å². The van der Waals surface area contributed by atoms with Crippen LogP contribution >= 0.6 is 0 Å². The monoisotopic (exact) mass is 357 g/mol. The van der Waals surface area contributed by atoms with E-state index in [1.807, 2.05) is 6.92 Å². The minimum atomic E-state index is -3.65. The fraction of sp³-hybridized carbons (Fsp3) is 0.733. The van der Waals surface area contributed by atoms with Gasteiger partial charge in [0.25, 0.3) is 0 Å². The van der Waals surface area contributed by atoms with Gasteiger partial charge in [0, 0.05) is 32.7 Å². The van der Waals surface area contributed by atoms with E-state index in [2.05, 4.69) is 10.2 Å². The number of carbonyl (C=O) groups excluding carboxylic acids is 1. The summed E-state index contributed by atoms with van der Waals surface area (Å²) in [5.74, 6) is -0.381. The number of nitrogens with zero attached hydrogens (tertiary/aromatic N) is 3. The molecule has 2 heterocycles. The quantitative estimate of drug-likeness (QED) is 0.783. The number of piperidine rings is 1. The summed E-state index contributed by atoms with van der Waals surface area (Å²) >= 11 is 0. The SMILES string of the molecule is Cc1n[nH]c(C)c1S(=O)(=O)N1CCCC(C(=O)N(C)C(C)CN)C1. The highest BCUT2D eigenvalue weighted by atomic mass is 32.2. The number of amides is 1. The molecule has 2 atom stereocenters. The molecule has 8 nitrogen and oxygen atoms in total. The average molecular weight is 357 g/mol. The summed E-state index contributed by atoms with van der Waals surface area (Å²) in [6.45, 7) is 6.24. The summed E-state index contributed by atoms with van der Waals surface area (Å²) in [5.41, 5.74) is 6.60. The Morgan fingerprint density at radius 3 is 2.71 bits per heavy atom. The van der Waals surface area contributed by atoms with Crippen LogP contribution in [-0.4, -0.2) is 66.5 Å². The molecule has 0 radical (unpaired) electrons. The summed E-state index contributed by atoms with van der Waals surface area (Å²) in [7, 11) is -1.93. The molecule has 1 aromatic rings. The maximum Gasteiger partial charge on any atom is 0.246 e. The van der Waals surface area contributed by atoms with Crippen molar-refractivity contribution in [3.8, 4) is 0 Å². The minimum absolute atomic E-state index is 0.0477. The van der Waals surface area contributed by atoms with Crippen LogP contribution in [0.3, 0.4) is 0 Å². The first-order valence-electron chi connectivity index (χ1n) is 8.18. The van der Waals surface area contributed by atoms with Crippen molar-refractivity contribution in [2.75, 3.05) is 26.7 Å². The van der Waals surface area contributed by atoms with E-state index in [9.17, 15) is 13.2 Å². The van der Waals surface area contributed by atoms with Crippen molar-refractivity contribution < 1.29 is 13.2 Å². The van der Waals surface area contributed by atoms with Crippen LogP contribution < -0.4 is 5.73 Å². The van der Waals surface area contributed by atoms with Gasteiger partial charge in [0.1, 0.15) is 4.90 Å². The average Bonchev–Trinajstić information content (AvgIpc) is 2.92. The molecule has 1 fully saturated rings. The fourth-order valence-electron chi connectivity index (χ4n) is 3.08. The second-order valence-corrected chi connectivity index (χ2v) is 8.37. The van der Waals surface area contributed by atoms with Gasteiger partial charge in [-0.2, -0.15) is 9.40 Å². The molecule has 24 heavy (non-hydrogen) atoms. The fourth-order valence-corrected chi connectivity index (χ4v) is 4.93. The number of rotatable bonds is 5. The Morgan fingerprint density at radius 2 is 2.17 bits per heavy atom. The van der Waals surface area contributed by atoms with Crippen molar-refractivity contribution in [3.05, 3.63) is 11.4 Å². The number of nitrogens with one attached hydrogen (secondary N) is 1. The zero-order valence-corrected chi connectivity index (χ0v) is 15.6. The summed E-state index contributed by atoms with van der Waals surface area (Å²) < 4.78 is 27.3. The van der Waals surface area contributed by atoms with Crippen LogP contribution in [0.1, 0.15) is 31.2 Å². The van der Waals surface area contributed by atoms with Gasteiger partial charge in [0.15, 0.2) is 0 Å². The number of carbonyl (C=O) groups is 1. The second kappa shape index (κ2) is 7.20. The maximum atomic E-state index is 12.9. The van der Waals surface area contributed by atoms with Crippen molar-refractivity contribution in [1.29, 1.82) is 0 Å². The number of hydrogen-bond acceptors (Lipinski definition) is 5. The van der Waals surface area contributed by atoms with E-state index in [1.165, 1.54) is 4.31 Å². The molecule has 3 N–H and O–H groups in total. The first-order valence-corrected chi connectivity index (χ1v) is 9.62. The van der Waals surface area contributed by atoms with Gasteiger partial charge >= 0.3 is 0 Å². The number of aromatic amines is 1. The highest BCUT2D eigenvalue weighted by Gasteiger charge is 2.36. The summed E-state index contributed by atoms with van der Waals surface area (Å²) in [6, 6.07) is -0.0668. The molecule has 136 valence electrons. The Labute approximate surface area is 143 Å². The third-order valence-corrected chi connectivity index (χ3v) is 6.87. The molecule has 0 aliphatic carbocycles. The number of aryl methyl sites for hydroxylation is 2. The van der Waals surface area contributed by atoms with Crippen LogP contribution in [0, 0.1) is 19.8 Å². The van der Waals surface area contributed by atoms with Crippen molar-refractivity contribution in [1.82, 2.24) is 19.4 Å². The predicted octanol–water partition coefficient (Wildman–Crippen LogP) is 0.233. The smallest absolute Gasteiger partial charge is 0.246 e. The first kappa shape index (κ1) is 18.9. The van der Waals surface area contributed by atoms with Crippen molar-refractivity contribution in [3.63, 3.8) is 0 Å². The van der Waals surface area contributed by atoms with Crippen molar-refractivity contribution >= 4 is 15.9 Å². The Bertz CT molecular complexity index is 680. The number of H-pyrrole nitrogens is 1. The standard InChI is InChI=1S/C15H27N5O3S/c1-10(8-16)19(4)15(21)13-6-5-7-20(9-13)24(22,23)14-11(2)17-18-12(14)3/h10,13H,5-9,16H2,1-4H3,(H,17,18). The van der Waals surface area contributed by atoms with Gasteiger partial charge in [-0.15, -0.1) is 0 Å². The Kier molecular flexibility index (Phi) is 5.67. The van der Waals surface area contributed by atoms with E-state index in [0.717, 1.165) is 0 Å². The van der Waals surface area contributed by atoms with Crippen LogP contribution in [-0.2, 0) is 14.8 Å². The zero-order valence-electron chi connectivity index (χ0n) is 14.7. The first-order chi connectivity index (χ1) is 11.2. The van der Waals surface area contributed by atoms with Crippen LogP contribution in [0.15, 0.2) is 4.90 Å². The van der Waals surface area contributed by atoms with E-state index in [-0.39, 0.29) is 29.3 Å². The number of nitrogens with two attached hydrogens (primary N) is 1. The molecule has 0 aromatic carbocycles. The molecule has 0 bridgehead atoms. The van der Waals surface area contributed by atoms with E-state index in [0.29, 0.717) is 37.3 Å². The lowest BCUT2D eigenvalue weighted by atomic mass is 9.97. The third kappa shape index (κ3) is 3.47. The number of hydrogen-bond donors (Lipinski definition) is 2. The van der Waals surface area contributed by atoms with Crippen LogP contribution in [0.2, 0.25) is 0 Å². The van der Waals surface area contributed by atoms with Gasteiger partial charge in [0.2, 0.25) is 15.9 Å². The van der Waals surface area contributed by atoms with Gasteiger partial charge in [-0.1, -0.05) is 0 Å². The Morgan fingerprint density at radius 1 is 1.50 bits per heavy atom. The van der Waals surface area contributed by atoms with Gasteiger partial charge in [0.05, 0.1) is 17.3 Å². The predicted molar refractivity (Wildman–Crippen MR) is 90.8 cm³/mol. The van der Waals surface area contributed by atoms with E-state index in [1.54, 1.807) is 25.8 Å². The second-order valence-electron chi connectivity index (χ2n) is 6.50. The summed E-state index contributed by atoms with van der Waals surface area (Å²) in [5, 5.41) is 6.69. The van der Waals surface area contributed by atoms with Crippen molar-refractivity contribution in [2.24, 2.45) is 11.7 Å². The van der Waals surface area contributed by atoms with Gasteiger partial charge in [-0.05, 0) is 33.6 Å². The highest BCUT2D eigenvalue weighted by molar-refractivity contribution is 7.89. The molecule has 2 unspecified atom stereocenters. The summed E-state index contributed by atoms with van der Waals surface area (Å²) in [4.78, 5) is 14.5. The lowest BCUT2D eigenvalue weighted by Crippen LogP contribution is -2.49. The van der Waals surface area contributed by atoms with E-state index in [4.69, 9.17) is 5.73 Å². The molecule has 9 heteroatoms. The molecule has 1 aliphatic rings. The maximum absolute atomic E-state index is 12.9. The zero-order chi connectivity index (χ0) is 18.1. The van der Waals surface area contributed by atoms with E-state index >= 15 is 0 Å². The molecule has 1 aromatic heterocycles. The van der Waals surface area contributed by atoms with Gasteiger partial charge < -0.3 is 10.6 Å². The van der Waals surface area contributed by atoms with Crippen molar-refractivity contribution in [2.45, 2.75) is 44.6 Å². The molecular weight excluding hydrogens is 330 g/mol. The number of sulfonamides is 1. The largest absolute Gasteiger partial charge is 0.342 e. The molecule has 0 spiro atoms. The number of likely N-dealkylation sites (N-methyl/N-ethyl adjacent to an activating group) is 1. The van der Waals surface area contributed by atoms with Gasteiger partial charge in [-0.3, -0.25) is 9.89 Å². The lowest BCUT2D eigenvalue weighted by molar-refractivity contribution is -0.137. The molecule has 1 amide bonds.